The first-order valence-corrected chi connectivity index (χ1v) is 5.51. The van der Waals surface area contributed by atoms with Crippen molar-refractivity contribution in [3.05, 3.63) is 29.3 Å². The lowest BCUT2D eigenvalue weighted by Crippen LogP contribution is -2.20. The van der Waals surface area contributed by atoms with Crippen molar-refractivity contribution in [2.45, 2.75) is 20.3 Å². The molecule has 2 heteroatoms. The second-order valence-electron chi connectivity index (χ2n) is 4.52. The lowest BCUT2D eigenvalue weighted by molar-refractivity contribution is 0.112. The van der Waals surface area contributed by atoms with Crippen LogP contribution in [0.4, 0.5) is 5.69 Å². The normalized spacial score (nSPS) is 20.7. The van der Waals surface area contributed by atoms with Crippen LogP contribution >= 0.6 is 0 Å². The molecule has 80 valence electrons. The molecule has 1 aromatic carbocycles. The zero-order chi connectivity index (χ0) is 10.8. The van der Waals surface area contributed by atoms with Crippen LogP contribution in [0, 0.1) is 12.8 Å². The number of aldehydes is 1. The Kier molecular flexibility index (Phi) is 2.76. The third-order valence-corrected chi connectivity index (χ3v) is 3.07. The highest BCUT2D eigenvalue weighted by molar-refractivity contribution is 5.85. The van der Waals surface area contributed by atoms with E-state index in [1.54, 1.807) is 0 Å². The molecule has 1 saturated heterocycles. The number of hydrogen-bond acceptors (Lipinski definition) is 2. The van der Waals surface area contributed by atoms with E-state index in [1.807, 2.05) is 13.0 Å². The minimum Gasteiger partial charge on any atom is -0.371 e. The van der Waals surface area contributed by atoms with Crippen molar-refractivity contribution < 1.29 is 4.79 Å². The molecular formula is C13H17NO. The second-order valence-corrected chi connectivity index (χ2v) is 4.52. The van der Waals surface area contributed by atoms with E-state index in [4.69, 9.17) is 0 Å². The Morgan fingerprint density at radius 3 is 2.87 bits per heavy atom. The van der Waals surface area contributed by atoms with Gasteiger partial charge in [0, 0.05) is 24.3 Å². The molecule has 15 heavy (non-hydrogen) atoms. The van der Waals surface area contributed by atoms with Crippen LogP contribution in [0.3, 0.4) is 0 Å². The standard InChI is InChI=1S/C13H17NO/c1-10-3-4-13(12(7-10)9-15)14-6-5-11(2)8-14/h3-4,7,9,11H,5-6,8H2,1-2H3. The average Bonchev–Trinajstić information content (AvgIpc) is 2.64. The van der Waals surface area contributed by atoms with Gasteiger partial charge in [-0.15, -0.1) is 0 Å². The first kappa shape index (κ1) is 10.2. The maximum atomic E-state index is 11.0. The first-order chi connectivity index (χ1) is 7.20. The quantitative estimate of drug-likeness (QED) is 0.689. The van der Waals surface area contributed by atoms with Crippen LogP contribution in [0.25, 0.3) is 0 Å². The van der Waals surface area contributed by atoms with Gasteiger partial charge in [0.25, 0.3) is 0 Å². The van der Waals surface area contributed by atoms with Crippen LogP contribution in [0.1, 0.15) is 29.3 Å². The first-order valence-electron chi connectivity index (χ1n) is 5.51. The van der Waals surface area contributed by atoms with Crippen molar-refractivity contribution in [3.63, 3.8) is 0 Å². The fraction of sp³-hybridized carbons (Fsp3) is 0.462. The van der Waals surface area contributed by atoms with Crippen molar-refractivity contribution >= 4 is 12.0 Å². The third kappa shape index (κ3) is 2.04. The molecule has 0 amide bonds. The molecule has 1 unspecified atom stereocenters. The Morgan fingerprint density at radius 2 is 2.27 bits per heavy atom. The number of carbonyl (C=O) groups is 1. The molecule has 0 aromatic heterocycles. The third-order valence-electron chi connectivity index (χ3n) is 3.07. The van der Waals surface area contributed by atoms with Crippen molar-refractivity contribution in [2.75, 3.05) is 18.0 Å². The van der Waals surface area contributed by atoms with E-state index >= 15 is 0 Å². The molecule has 2 rings (SSSR count). The molecule has 1 fully saturated rings. The van der Waals surface area contributed by atoms with E-state index in [2.05, 4.69) is 24.0 Å². The average molecular weight is 203 g/mol. The predicted molar refractivity (Wildman–Crippen MR) is 62.6 cm³/mol. The van der Waals surface area contributed by atoms with Crippen molar-refractivity contribution in [2.24, 2.45) is 5.92 Å². The molecule has 1 aliphatic rings. The molecule has 1 heterocycles. The van der Waals surface area contributed by atoms with Gasteiger partial charge in [-0.2, -0.15) is 0 Å². The number of anilines is 1. The Morgan fingerprint density at radius 1 is 1.47 bits per heavy atom. The molecule has 0 bridgehead atoms. The monoisotopic (exact) mass is 203 g/mol. The number of hydrogen-bond donors (Lipinski definition) is 0. The van der Waals surface area contributed by atoms with Gasteiger partial charge in [0.05, 0.1) is 0 Å². The molecule has 0 saturated carbocycles. The molecule has 0 radical (unpaired) electrons. The zero-order valence-electron chi connectivity index (χ0n) is 9.36. The summed E-state index contributed by atoms with van der Waals surface area (Å²) in [7, 11) is 0. The minimum absolute atomic E-state index is 0.741. The summed E-state index contributed by atoms with van der Waals surface area (Å²) >= 11 is 0. The molecule has 1 atom stereocenters. The van der Waals surface area contributed by atoms with Crippen LogP contribution in [-0.4, -0.2) is 19.4 Å². The SMILES string of the molecule is Cc1ccc(N2CCC(C)C2)c(C=O)c1. The minimum atomic E-state index is 0.741. The molecular weight excluding hydrogens is 186 g/mol. The Bertz CT molecular complexity index is 373. The number of nitrogens with zero attached hydrogens (tertiary/aromatic N) is 1. The van der Waals surface area contributed by atoms with Crippen LogP contribution in [0.5, 0.6) is 0 Å². The highest BCUT2D eigenvalue weighted by atomic mass is 16.1. The summed E-state index contributed by atoms with van der Waals surface area (Å²) in [5.41, 5.74) is 3.07. The van der Waals surface area contributed by atoms with Gasteiger partial charge in [0.1, 0.15) is 0 Å². The van der Waals surface area contributed by atoms with Crippen LogP contribution in [-0.2, 0) is 0 Å². The van der Waals surface area contributed by atoms with Gasteiger partial charge in [0.15, 0.2) is 6.29 Å². The van der Waals surface area contributed by atoms with Crippen LogP contribution < -0.4 is 4.90 Å². The fourth-order valence-corrected chi connectivity index (χ4v) is 2.21. The Balaban J connectivity index is 2.31. The summed E-state index contributed by atoms with van der Waals surface area (Å²) in [5, 5.41) is 0. The summed E-state index contributed by atoms with van der Waals surface area (Å²) in [6.45, 7) is 6.42. The maximum absolute atomic E-state index is 11.0. The topological polar surface area (TPSA) is 20.3 Å². The highest BCUT2D eigenvalue weighted by Crippen LogP contribution is 2.26. The van der Waals surface area contributed by atoms with Gasteiger partial charge in [0.2, 0.25) is 0 Å². The molecule has 0 N–H and O–H groups in total. The summed E-state index contributed by atoms with van der Waals surface area (Å²) in [5.74, 6) is 0.741. The van der Waals surface area contributed by atoms with Gasteiger partial charge >= 0.3 is 0 Å². The number of carbonyl (C=O) groups excluding carboxylic acids is 1. The van der Waals surface area contributed by atoms with Gasteiger partial charge in [-0.1, -0.05) is 18.6 Å². The number of aryl methyl sites for hydroxylation is 1. The van der Waals surface area contributed by atoms with Crippen molar-refractivity contribution in [1.29, 1.82) is 0 Å². The second kappa shape index (κ2) is 4.05. The number of benzene rings is 1. The summed E-state index contributed by atoms with van der Waals surface area (Å²) < 4.78 is 0. The van der Waals surface area contributed by atoms with E-state index < -0.39 is 0 Å². The molecule has 1 aliphatic heterocycles. The summed E-state index contributed by atoms with van der Waals surface area (Å²) in [6.07, 6.45) is 2.19. The largest absolute Gasteiger partial charge is 0.371 e. The van der Waals surface area contributed by atoms with E-state index in [0.29, 0.717) is 0 Å². The molecule has 2 nitrogen and oxygen atoms in total. The maximum Gasteiger partial charge on any atom is 0.152 e. The van der Waals surface area contributed by atoms with Crippen LogP contribution in [0.2, 0.25) is 0 Å². The molecule has 0 spiro atoms. The lowest BCUT2D eigenvalue weighted by atomic mass is 10.1. The fourth-order valence-electron chi connectivity index (χ4n) is 2.21. The van der Waals surface area contributed by atoms with Gasteiger partial charge < -0.3 is 4.90 Å². The van der Waals surface area contributed by atoms with Gasteiger partial charge in [-0.25, -0.2) is 0 Å². The van der Waals surface area contributed by atoms with Crippen molar-refractivity contribution in [1.82, 2.24) is 0 Å². The Hall–Kier alpha value is -1.31. The van der Waals surface area contributed by atoms with Gasteiger partial charge in [-0.05, 0) is 31.4 Å². The van der Waals surface area contributed by atoms with E-state index in [1.165, 1.54) is 6.42 Å². The molecule has 0 aliphatic carbocycles. The zero-order valence-corrected chi connectivity index (χ0v) is 9.36. The van der Waals surface area contributed by atoms with E-state index in [-0.39, 0.29) is 0 Å². The summed E-state index contributed by atoms with van der Waals surface area (Å²) in [4.78, 5) is 13.3. The number of rotatable bonds is 2. The van der Waals surface area contributed by atoms with E-state index in [9.17, 15) is 4.79 Å². The smallest absolute Gasteiger partial charge is 0.152 e. The Labute approximate surface area is 90.9 Å². The predicted octanol–water partition coefficient (Wildman–Crippen LogP) is 2.65. The lowest BCUT2D eigenvalue weighted by Gasteiger charge is -2.20. The molecule has 1 aromatic rings. The van der Waals surface area contributed by atoms with E-state index in [0.717, 1.165) is 42.1 Å². The van der Waals surface area contributed by atoms with Gasteiger partial charge in [-0.3, -0.25) is 4.79 Å². The highest BCUT2D eigenvalue weighted by Gasteiger charge is 2.20. The summed E-state index contributed by atoms with van der Waals surface area (Å²) in [6, 6.07) is 6.10. The van der Waals surface area contributed by atoms with Crippen LogP contribution in [0.15, 0.2) is 18.2 Å². The van der Waals surface area contributed by atoms with Crippen molar-refractivity contribution in [3.8, 4) is 0 Å².